The zero-order valence-electron chi connectivity index (χ0n) is 14.0. The number of benzene rings is 1. The van der Waals surface area contributed by atoms with Crippen molar-refractivity contribution < 1.29 is 27.9 Å². The average Bonchev–Trinajstić information content (AvgIpc) is 2.60. The number of carbonyl (C=O) groups excluding carboxylic acids is 1. The van der Waals surface area contributed by atoms with Crippen LogP contribution in [0.2, 0.25) is 0 Å². The number of sulfonamides is 1. The first-order valence-corrected chi connectivity index (χ1v) is 9.42. The van der Waals surface area contributed by atoms with Crippen LogP contribution in [0, 0.1) is 12.3 Å². The van der Waals surface area contributed by atoms with Gasteiger partial charge in [0.2, 0.25) is 10.0 Å². The first-order chi connectivity index (χ1) is 12.3. The molecule has 1 saturated heterocycles. The highest BCUT2D eigenvalue weighted by Gasteiger charge is 2.36. The molecular formula is C17H20N2O6S. The Bertz CT molecular complexity index is 805. The zero-order chi connectivity index (χ0) is 19.2. The first-order valence-electron chi connectivity index (χ1n) is 7.93. The summed E-state index contributed by atoms with van der Waals surface area (Å²) in [5.41, 5.74) is -0.641. The molecule has 9 heteroatoms. The average molecular weight is 380 g/mol. The standard InChI is InChI=1S/C17H20N2O6S/c1-2-9-18-26(23,24)14-5-3-13(4-6-14)16(22)19-17(12-15(20)21)7-10-25-11-8-17/h1,3-6,18H,7-12H2,(H,19,22)(H,20,21). The third-order valence-electron chi connectivity index (χ3n) is 4.11. The van der Waals surface area contributed by atoms with E-state index in [0.29, 0.717) is 26.1 Å². The van der Waals surface area contributed by atoms with Gasteiger partial charge in [0.1, 0.15) is 0 Å². The van der Waals surface area contributed by atoms with Crippen molar-refractivity contribution in [3.05, 3.63) is 29.8 Å². The van der Waals surface area contributed by atoms with Gasteiger partial charge in [-0.2, -0.15) is 4.72 Å². The fourth-order valence-electron chi connectivity index (χ4n) is 2.72. The molecular weight excluding hydrogens is 360 g/mol. The van der Waals surface area contributed by atoms with Crippen molar-refractivity contribution in [1.29, 1.82) is 0 Å². The van der Waals surface area contributed by atoms with Crippen molar-refractivity contribution in [3.8, 4) is 12.3 Å². The van der Waals surface area contributed by atoms with Crippen LogP contribution in [0.5, 0.6) is 0 Å². The zero-order valence-corrected chi connectivity index (χ0v) is 14.8. The van der Waals surface area contributed by atoms with Crippen LogP contribution >= 0.6 is 0 Å². The maximum atomic E-state index is 12.5. The van der Waals surface area contributed by atoms with E-state index in [0.717, 1.165) is 0 Å². The van der Waals surface area contributed by atoms with Crippen molar-refractivity contribution in [1.82, 2.24) is 10.0 Å². The number of amides is 1. The highest BCUT2D eigenvalue weighted by atomic mass is 32.2. The van der Waals surface area contributed by atoms with E-state index in [1.807, 2.05) is 0 Å². The number of ether oxygens (including phenoxy) is 1. The summed E-state index contributed by atoms with van der Waals surface area (Å²) in [6.07, 6.45) is 5.62. The molecule has 1 heterocycles. The number of aliphatic carboxylic acids is 1. The lowest BCUT2D eigenvalue weighted by Gasteiger charge is -2.36. The van der Waals surface area contributed by atoms with Crippen LogP contribution in [0.4, 0.5) is 0 Å². The van der Waals surface area contributed by atoms with E-state index in [2.05, 4.69) is 16.0 Å². The molecule has 3 N–H and O–H groups in total. The molecule has 0 unspecified atom stereocenters. The molecule has 0 aromatic heterocycles. The van der Waals surface area contributed by atoms with Gasteiger partial charge in [0, 0.05) is 18.8 Å². The predicted octanol–water partition coefficient (Wildman–Crippen LogP) is 0.352. The Balaban J connectivity index is 2.14. The smallest absolute Gasteiger partial charge is 0.305 e. The number of hydrogen-bond acceptors (Lipinski definition) is 5. The Labute approximate surface area is 152 Å². The maximum Gasteiger partial charge on any atom is 0.305 e. The van der Waals surface area contributed by atoms with Gasteiger partial charge in [-0.05, 0) is 37.1 Å². The van der Waals surface area contributed by atoms with Crippen LogP contribution in [0.15, 0.2) is 29.2 Å². The number of rotatable bonds is 7. The number of carboxylic acid groups (broad SMARTS) is 1. The van der Waals surface area contributed by atoms with Gasteiger partial charge in [-0.3, -0.25) is 9.59 Å². The van der Waals surface area contributed by atoms with Crippen molar-refractivity contribution in [3.63, 3.8) is 0 Å². The monoisotopic (exact) mass is 380 g/mol. The topological polar surface area (TPSA) is 122 Å². The highest BCUT2D eigenvalue weighted by Crippen LogP contribution is 2.25. The van der Waals surface area contributed by atoms with Gasteiger partial charge >= 0.3 is 5.97 Å². The van der Waals surface area contributed by atoms with Crippen LogP contribution in [-0.4, -0.2) is 50.7 Å². The summed E-state index contributed by atoms with van der Waals surface area (Å²) in [6.45, 7) is 0.599. The largest absolute Gasteiger partial charge is 0.481 e. The Hall–Kier alpha value is -2.41. The number of hydrogen-bond donors (Lipinski definition) is 3. The SMILES string of the molecule is C#CCNS(=O)(=O)c1ccc(C(=O)NC2(CC(=O)O)CCOCC2)cc1. The fourth-order valence-corrected chi connectivity index (χ4v) is 3.65. The van der Waals surface area contributed by atoms with E-state index < -0.39 is 27.4 Å². The highest BCUT2D eigenvalue weighted by molar-refractivity contribution is 7.89. The molecule has 1 aromatic rings. The molecule has 1 aliphatic rings. The molecule has 0 saturated carbocycles. The van der Waals surface area contributed by atoms with Crippen LogP contribution in [0.1, 0.15) is 29.6 Å². The second-order valence-corrected chi connectivity index (χ2v) is 7.74. The van der Waals surface area contributed by atoms with Crippen LogP contribution < -0.4 is 10.0 Å². The van der Waals surface area contributed by atoms with E-state index in [4.69, 9.17) is 16.3 Å². The molecule has 1 aliphatic heterocycles. The number of terminal acetylenes is 1. The minimum absolute atomic E-state index is 0.0179. The lowest BCUT2D eigenvalue weighted by molar-refractivity contribution is -0.139. The van der Waals surface area contributed by atoms with Gasteiger partial charge in [0.25, 0.3) is 5.91 Å². The maximum absolute atomic E-state index is 12.5. The van der Waals surface area contributed by atoms with E-state index in [1.54, 1.807) is 0 Å². The molecule has 0 aliphatic carbocycles. The van der Waals surface area contributed by atoms with E-state index in [1.165, 1.54) is 24.3 Å². The van der Waals surface area contributed by atoms with Gasteiger partial charge in [-0.25, -0.2) is 8.42 Å². The van der Waals surface area contributed by atoms with E-state index in [9.17, 15) is 18.0 Å². The Morgan fingerprint density at radius 1 is 1.23 bits per heavy atom. The number of nitrogens with one attached hydrogen (secondary N) is 2. The summed E-state index contributed by atoms with van der Waals surface area (Å²) in [5, 5.41) is 11.9. The van der Waals surface area contributed by atoms with E-state index in [-0.39, 0.29) is 23.4 Å². The molecule has 1 aromatic carbocycles. The second-order valence-electron chi connectivity index (χ2n) is 5.97. The summed E-state index contributed by atoms with van der Waals surface area (Å²) in [7, 11) is -3.74. The van der Waals surface area contributed by atoms with E-state index >= 15 is 0 Å². The Morgan fingerprint density at radius 3 is 2.38 bits per heavy atom. The molecule has 0 bridgehead atoms. The number of carbonyl (C=O) groups is 2. The van der Waals surface area contributed by atoms with Gasteiger partial charge in [-0.15, -0.1) is 6.42 Å². The van der Waals surface area contributed by atoms with Crippen LogP contribution in [0.3, 0.4) is 0 Å². The molecule has 2 rings (SSSR count). The van der Waals surface area contributed by atoms with Crippen LogP contribution in [0.25, 0.3) is 0 Å². The Morgan fingerprint density at radius 2 is 1.85 bits per heavy atom. The summed E-state index contributed by atoms with van der Waals surface area (Å²) < 4.78 is 31.4. The van der Waals surface area contributed by atoms with Crippen molar-refractivity contribution in [2.45, 2.75) is 29.7 Å². The summed E-state index contributed by atoms with van der Waals surface area (Å²) in [5.74, 6) is 0.705. The van der Waals surface area contributed by atoms with Gasteiger partial charge in [-0.1, -0.05) is 5.92 Å². The third-order valence-corrected chi connectivity index (χ3v) is 5.53. The normalized spacial score (nSPS) is 16.4. The molecule has 0 spiro atoms. The third kappa shape index (κ3) is 5.05. The molecule has 140 valence electrons. The van der Waals surface area contributed by atoms with Crippen LogP contribution in [-0.2, 0) is 19.6 Å². The Kier molecular flexibility index (Phi) is 6.37. The van der Waals surface area contributed by atoms with Crippen molar-refractivity contribution in [2.75, 3.05) is 19.8 Å². The van der Waals surface area contributed by atoms with Crippen molar-refractivity contribution in [2.24, 2.45) is 0 Å². The minimum Gasteiger partial charge on any atom is -0.481 e. The van der Waals surface area contributed by atoms with Crippen molar-refractivity contribution >= 4 is 21.9 Å². The van der Waals surface area contributed by atoms with Gasteiger partial charge < -0.3 is 15.2 Å². The predicted molar refractivity (Wildman–Crippen MR) is 93.0 cm³/mol. The molecule has 1 amide bonds. The molecule has 1 fully saturated rings. The molecule has 26 heavy (non-hydrogen) atoms. The lowest BCUT2D eigenvalue weighted by Crippen LogP contribution is -2.53. The van der Waals surface area contributed by atoms with Gasteiger partial charge in [0.05, 0.1) is 23.4 Å². The molecule has 0 atom stereocenters. The quantitative estimate of drug-likeness (QED) is 0.587. The molecule has 8 nitrogen and oxygen atoms in total. The minimum atomic E-state index is -3.74. The first kappa shape index (κ1) is 19.9. The summed E-state index contributed by atoms with van der Waals surface area (Å²) >= 11 is 0. The summed E-state index contributed by atoms with van der Waals surface area (Å²) in [4.78, 5) is 23.6. The summed E-state index contributed by atoms with van der Waals surface area (Å²) in [6, 6.07) is 5.32. The van der Waals surface area contributed by atoms with Gasteiger partial charge in [0.15, 0.2) is 0 Å². The number of carboxylic acids is 1. The lowest BCUT2D eigenvalue weighted by atomic mass is 9.86. The fraction of sp³-hybridized carbons (Fsp3) is 0.412. The molecule has 0 radical (unpaired) electrons. The second kappa shape index (κ2) is 8.31.